The van der Waals surface area contributed by atoms with Crippen LogP contribution in [0, 0.1) is 11.7 Å². The number of carbonyl (C=O) groups is 2. The van der Waals surface area contributed by atoms with Crippen LogP contribution >= 0.6 is 0 Å². The second kappa shape index (κ2) is 9.18. The lowest BCUT2D eigenvalue weighted by molar-refractivity contribution is -0.143. The first-order chi connectivity index (χ1) is 15.0. The van der Waals surface area contributed by atoms with Crippen molar-refractivity contribution in [2.45, 2.75) is 44.6 Å². The summed E-state index contributed by atoms with van der Waals surface area (Å²) < 4.78 is 21.2. The highest BCUT2D eigenvalue weighted by atomic mass is 19.1. The number of rotatable bonds is 5. The fraction of sp³-hybridized carbons (Fsp3) is 0.522. The molecule has 2 amide bonds. The van der Waals surface area contributed by atoms with Crippen molar-refractivity contribution in [1.29, 1.82) is 0 Å². The van der Waals surface area contributed by atoms with E-state index in [0.29, 0.717) is 63.2 Å². The summed E-state index contributed by atoms with van der Waals surface area (Å²) in [6.07, 6.45) is 5.75. The predicted molar refractivity (Wildman–Crippen MR) is 114 cm³/mol. The van der Waals surface area contributed by atoms with E-state index in [1.54, 1.807) is 16.9 Å². The molecule has 8 heteroatoms. The van der Waals surface area contributed by atoms with Crippen molar-refractivity contribution in [2.75, 3.05) is 31.6 Å². The van der Waals surface area contributed by atoms with Crippen molar-refractivity contribution in [3.63, 3.8) is 0 Å². The van der Waals surface area contributed by atoms with Crippen molar-refractivity contribution in [2.24, 2.45) is 5.92 Å². The molecule has 0 bridgehead atoms. The number of amides is 2. The van der Waals surface area contributed by atoms with Gasteiger partial charge in [-0.15, -0.1) is 0 Å². The summed E-state index contributed by atoms with van der Waals surface area (Å²) in [5.41, 5.74) is 0.649. The third kappa shape index (κ3) is 4.49. The lowest BCUT2D eigenvalue weighted by Gasteiger charge is -2.42. The van der Waals surface area contributed by atoms with Gasteiger partial charge in [0.05, 0.1) is 17.3 Å². The monoisotopic (exact) mass is 428 g/mol. The average molecular weight is 429 g/mol. The maximum atomic E-state index is 13.9. The van der Waals surface area contributed by atoms with E-state index in [1.165, 1.54) is 12.1 Å². The molecule has 7 nitrogen and oxygen atoms in total. The van der Waals surface area contributed by atoms with E-state index < -0.39 is 5.41 Å². The van der Waals surface area contributed by atoms with E-state index in [0.717, 1.165) is 6.54 Å². The number of hydrogen-bond donors (Lipinski definition) is 1. The van der Waals surface area contributed by atoms with Gasteiger partial charge in [0.15, 0.2) is 0 Å². The van der Waals surface area contributed by atoms with Gasteiger partial charge in [-0.25, -0.2) is 4.39 Å². The fourth-order valence-electron chi connectivity index (χ4n) is 4.62. The third-order valence-electron chi connectivity index (χ3n) is 6.51. The average Bonchev–Trinajstić information content (AvgIpc) is 3.26. The van der Waals surface area contributed by atoms with Gasteiger partial charge in [0.25, 0.3) is 0 Å². The molecule has 1 N–H and O–H groups in total. The van der Waals surface area contributed by atoms with Gasteiger partial charge in [-0.2, -0.15) is 5.10 Å². The van der Waals surface area contributed by atoms with Crippen LogP contribution in [-0.2, 0) is 26.3 Å². The second-order valence-corrected chi connectivity index (χ2v) is 8.35. The van der Waals surface area contributed by atoms with Crippen LogP contribution in [0.4, 0.5) is 10.1 Å². The third-order valence-corrected chi connectivity index (χ3v) is 6.51. The number of ether oxygens (including phenoxy) is 1. The second-order valence-electron chi connectivity index (χ2n) is 8.35. The number of anilines is 1. The van der Waals surface area contributed by atoms with E-state index in [4.69, 9.17) is 4.74 Å². The normalized spacial score (nSPS) is 19.2. The molecule has 2 saturated heterocycles. The molecule has 0 saturated carbocycles. The molecule has 2 aliphatic rings. The Morgan fingerprint density at radius 3 is 2.65 bits per heavy atom. The SMILES string of the molecule is CCn1cc(NC(=O)C2CCN(C(=O)C3(c4cccc(F)c4)CCOCC3)CC2)cn1. The van der Waals surface area contributed by atoms with Crippen LogP contribution in [0.1, 0.15) is 38.2 Å². The van der Waals surface area contributed by atoms with Crippen LogP contribution in [0.25, 0.3) is 0 Å². The fourth-order valence-corrected chi connectivity index (χ4v) is 4.62. The first-order valence-electron chi connectivity index (χ1n) is 11.0. The van der Waals surface area contributed by atoms with Crippen molar-refractivity contribution < 1.29 is 18.7 Å². The zero-order chi connectivity index (χ0) is 21.8. The highest BCUT2D eigenvalue weighted by Crippen LogP contribution is 2.38. The Morgan fingerprint density at radius 1 is 1.26 bits per heavy atom. The van der Waals surface area contributed by atoms with Gasteiger partial charge in [-0.05, 0) is 50.3 Å². The number of aryl methyl sites for hydroxylation is 1. The summed E-state index contributed by atoms with van der Waals surface area (Å²) in [7, 11) is 0. The van der Waals surface area contributed by atoms with Crippen molar-refractivity contribution >= 4 is 17.5 Å². The Morgan fingerprint density at radius 2 is 2.00 bits per heavy atom. The number of halogens is 1. The molecule has 31 heavy (non-hydrogen) atoms. The highest BCUT2D eigenvalue weighted by molar-refractivity contribution is 5.93. The van der Waals surface area contributed by atoms with E-state index >= 15 is 0 Å². The molecule has 0 unspecified atom stereocenters. The topological polar surface area (TPSA) is 76.5 Å². The van der Waals surface area contributed by atoms with Crippen LogP contribution in [0.3, 0.4) is 0 Å². The van der Waals surface area contributed by atoms with Crippen molar-refractivity contribution in [3.8, 4) is 0 Å². The Bertz CT molecular complexity index is 930. The van der Waals surface area contributed by atoms with E-state index in [9.17, 15) is 14.0 Å². The Labute approximate surface area is 181 Å². The largest absolute Gasteiger partial charge is 0.381 e. The zero-order valence-corrected chi connectivity index (χ0v) is 17.8. The molecule has 0 spiro atoms. The minimum absolute atomic E-state index is 0.0180. The molecule has 2 aliphatic heterocycles. The first kappa shape index (κ1) is 21.5. The van der Waals surface area contributed by atoms with Crippen molar-refractivity contribution in [3.05, 3.63) is 48.0 Å². The molecule has 3 heterocycles. The summed E-state index contributed by atoms with van der Waals surface area (Å²) in [4.78, 5) is 28.1. The van der Waals surface area contributed by atoms with Gasteiger partial charge in [0, 0.05) is 45.0 Å². The molecule has 4 rings (SSSR count). The number of nitrogens with one attached hydrogen (secondary N) is 1. The van der Waals surface area contributed by atoms with Crippen LogP contribution in [-0.4, -0.2) is 52.8 Å². The molecular weight excluding hydrogens is 399 g/mol. The van der Waals surface area contributed by atoms with Gasteiger partial charge >= 0.3 is 0 Å². The van der Waals surface area contributed by atoms with Crippen molar-refractivity contribution in [1.82, 2.24) is 14.7 Å². The van der Waals surface area contributed by atoms with Gasteiger partial charge in [-0.1, -0.05) is 12.1 Å². The minimum Gasteiger partial charge on any atom is -0.381 e. The molecule has 0 atom stereocenters. The molecule has 2 aromatic rings. The van der Waals surface area contributed by atoms with Crippen LogP contribution in [0.5, 0.6) is 0 Å². The number of likely N-dealkylation sites (tertiary alicyclic amines) is 1. The molecule has 2 fully saturated rings. The van der Waals surface area contributed by atoms with E-state index in [2.05, 4.69) is 10.4 Å². The van der Waals surface area contributed by atoms with Crippen LogP contribution < -0.4 is 5.32 Å². The standard InChI is InChI=1S/C23H29FN4O3/c1-2-28-16-20(15-25-28)26-21(29)17-6-10-27(11-7-17)22(30)23(8-12-31-13-9-23)18-4-3-5-19(24)14-18/h3-5,14-17H,2,6-13H2,1H3,(H,26,29). The Kier molecular flexibility index (Phi) is 6.36. The molecule has 0 aliphatic carbocycles. The number of aromatic nitrogens is 2. The minimum atomic E-state index is -0.760. The highest BCUT2D eigenvalue weighted by Gasteiger charge is 2.45. The maximum Gasteiger partial charge on any atom is 0.233 e. The number of hydrogen-bond acceptors (Lipinski definition) is 4. The number of carbonyl (C=O) groups excluding carboxylic acids is 2. The number of benzene rings is 1. The van der Waals surface area contributed by atoms with Crippen LogP contribution in [0.2, 0.25) is 0 Å². The number of piperidine rings is 1. The Hall–Kier alpha value is -2.74. The zero-order valence-electron chi connectivity index (χ0n) is 17.8. The van der Waals surface area contributed by atoms with E-state index in [-0.39, 0.29) is 23.5 Å². The van der Waals surface area contributed by atoms with Crippen LogP contribution in [0.15, 0.2) is 36.7 Å². The van der Waals surface area contributed by atoms with Gasteiger partial charge in [0.1, 0.15) is 5.82 Å². The number of nitrogens with zero attached hydrogens (tertiary/aromatic N) is 3. The predicted octanol–water partition coefficient (Wildman–Crippen LogP) is 2.97. The quantitative estimate of drug-likeness (QED) is 0.795. The molecule has 1 aromatic heterocycles. The summed E-state index contributed by atoms with van der Waals surface area (Å²) in [6.45, 7) is 4.72. The molecule has 1 aromatic carbocycles. The first-order valence-corrected chi connectivity index (χ1v) is 11.0. The summed E-state index contributed by atoms with van der Waals surface area (Å²) in [5.74, 6) is -0.495. The van der Waals surface area contributed by atoms with Gasteiger partial charge in [-0.3, -0.25) is 14.3 Å². The lowest BCUT2D eigenvalue weighted by Crippen LogP contribution is -2.52. The summed E-state index contributed by atoms with van der Waals surface area (Å²) in [5, 5.41) is 7.10. The Balaban J connectivity index is 1.42. The smallest absolute Gasteiger partial charge is 0.233 e. The van der Waals surface area contributed by atoms with E-state index in [1.807, 2.05) is 24.1 Å². The lowest BCUT2D eigenvalue weighted by atomic mass is 9.72. The molecular formula is C23H29FN4O3. The van der Waals surface area contributed by atoms with Gasteiger partial charge in [0.2, 0.25) is 11.8 Å². The maximum absolute atomic E-state index is 13.9. The summed E-state index contributed by atoms with van der Waals surface area (Å²) >= 11 is 0. The summed E-state index contributed by atoms with van der Waals surface area (Å²) in [6, 6.07) is 6.37. The molecule has 166 valence electrons. The molecule has 0 radical (unpaired) electrons. The van der Waals surface area contributed by atoms with Gasteiger partial charge < -0.3 is 15.0 Å².